The Bertz CT molecular complexity index is 519. The molecule has 1 aliphatic heterocycles. The van der Waals surface area contributed by atoms with E-state index in [0.717, 1.165) is 26.1 Å². The molecule has 1 saturated heterocycles. The first kappa shape index (κ1) is 14.3. The fourth-order valence-corrected chi connectivity index (χ4v) is 3.46. The van der Waals surface area contributed by atoms with Gasteiger partial charge in [0, 0.05) is 19.8 Å². The smallest absolute Gasteiger partial charge is 0.245 e. The van der Waals surface area contributed by atoms with Crippen LogP contribution in [0.2, 0.25) is 0 Å². The summed E-state index contributed by atoms with van der Waals surface area (Å²) in [5.74, 6) is 0.0366. The number of nitrogens with zero attached hydrogens (tertiary/aromatic N) is 3. The molecule has 1 aliphatic rings. The number of aromatic nitrogens is 2. The SMILES string of the molecule is Cn1cc(S(=O)(=O)NCCCN2CCCC2)c(N)n1. The Kier molecular flexibility index (Phi) is 4.43. The molecule has 1 fully saturated rings. The molecule has 8 heteroatoms. The lowest BCUT2D eigenvalue weighted by atomic mass is 10.4. The third-order valence-corrected chi connectivity index (χ3v) is 4.73. The number of sulfonamides is 1. The van der Waals surface area contributed by atoms with Crippen molar-refractivity contribution in [2.24, 2.45) is 7.05 Å². The van der Waals surface area contributed by atoms with Crippen LogP contribution >= 0.6 is 0 Å². The van der Waals surface area contributed by atoms with Crippen molar-refractivity contribution in [2.75, 3.05) is 31.9 Å². The van der Waals surface area contributed by atoms with Crippen molar-refractivity contribution >= 4 is 15.8 Å². The second-order valence-corrected chi connectivity index (χ2v) is 6.59. The van der Waals surface area contributed by atoms with Gasteiger partial charge in [0.1, 0.15) is 4.90 Å². The molecule has 0 unspecified atom stereocenters. The van der Waals surface area contributed by atoms with Crippen LogP contribution in [0.3, 0.4) is 0 Å². The van der Waals surface area contributed by atoms with Crippen molar-refractivity contribution in [3.63, 3.8) is 0 Å². The Balaban J connectivity index is 1.82. The van der Waals surface area contributed by atoms with E-state index in [4.69, 9.17) is 5.73 Å². The fraction of sp³-hybridized carbons (Fsp3) is 0.727. The zero-order valence-corrected chi connectivity index (χ0v) is 12.0. The lowest BCUT2D eigenvalue weighted by molar-refractivity contribution is 0.334. The molecule has 0 bridgehead atoms. The quantitative estimate of drug-likeness (QED) is 0.705. The third kappa shape index (κ3) is 3.68. The first-order valence-electron chi connectivity index (χ1n) is 6.50. The number of nitrogen functional groups attached to an aromatic ring is 1. The average molecular weight is 287 g/mol. The number of rotatable bonds is 6. The van der Waals surface area contributed by atoms with Gasteiger partial charge in [0.2, 0.25) is 10.0 Å². The predicted molar refractivity (Wildman–Crippen MR) is 73.1 cm³/mol. The molecule has 1 aromatic heterocycles. The van der Waals surface area contributed by atoms with Gasteiger partial charge in [0.25, 0.3) is 0 Å². The van der Waals surface area contributed by atoms with E-state index >= 15 is 0 Å². The Morgan fingerprint density at radius 3 is 2.68 bits per heavy atom. The number of nitrogens with two attached hydrogens (primary N) is 1. The standard InChI is InChI=1S/C11H21N5O2S/c1-15-9-10(11(12)14-15)19(17,18)13-5-4-8-16-6-2-3-7-16/h9,13H,2-8H2,1H3,(H2,12,14). The van der Waals surface area contributed by atoms with Crippen LogP contribution in [0.4, 0.5) is 5.82 Å². The van der Waals surface area contributed by atoms with E-state index in [9.17, 15) is 8.42 Å². The predicted octanol–water partition coefficient (Wildman–Crippen LogP) is -0.233. The molecule has 2 heterocycles. The number of nitrogens with one attached hydrogen (secondary N) is 1. The summed E-state index contributed by atoms with van der Waals surface area (Å²) < 4.78 is 28.0. The van der Waals surface area contributed by atoms with Gasteiger partial charge < -0.3 is 10.6 Å². The van der Waals surface area contributed by atoms with E-state index in [0.29, 0.717) is 6.54 Å². The Labute approximate surface area is 113 Å². The van der Waals surface area contributed by atoms with Crippen LogP contribution in [0.1, 0.15) is 19.3 Å². The molecular formula is C11H21N5O2S. The lowest BCUT2D eigenvalue weighted by Crippen LogP contribution is -2.29. The van der Waals surface area contributed by atoms with Crippen LogP contribution in [0.15, 0.2) is 11.1 Å². The Hall–Kier alpha value is -1.12. The fourth-order valence-electron chi connectivity index (χ4n) is 2.28. The maximum atomic E-state index is 12.0. The maximum absolute atomic E-state index is 12.0. The first-order chi connectivity index (χ1) is 8.99. The summed E-state index contributed by atoms with van der Waals surface area (Å²) in [7, 11) is -1.90. The van der Waals surface area contributed by atoms with Crippen LogP contribution in [0.25, 0.3) is 0 Å². The van der Waals surface area contributed by atoms with Crippen molar-refractivity contribution in [1.29, 1.82) is 0 Å². The number of aryl methyl sites for hydroxylation is 1. The molecule has 2 rings (SSSR count). The molecule has 0 amide bonds. The van der Waals surface area contributed by atoms with Crippen LogP contribution in [0, 0.1) is 0 Å². The van der Waals surface area contributed by atoms with Crippen LogP contribution in [0.5, 0.6) is 0 Å². The number of likely N-dealkylation sites (tertiary alicyclic amines) is 1. The first-order valence-corrected chi connectivity index (χ1v) is 7.98. The topological polar surface area (TPSA) is 93.2 Å². The zero-order chi connectivity index (χ0) is 13.9. The molecular weight excluding hydrogens is 266 g/mol. The second kappa shape index (κ2) is 5.89. The van der Waals surface area contributed by atoms with E-state index in [1.54, 1.807) is 7.05 Å². The van der Waals surface area contributed by atoms with Crippen molar-refractivity contribution in [1.82, 2.24) is 19.4 Å². The largest absolute Gasteiger partial charge is 0.381 e. The minimum atomic E-state index is -3.54. The maximum Gasteiger partial charge on any atom is 0.245 e. The Morgan fingerprint density at radius 2 is 2.11 bits per heavy atom. The van der Waals surface area contributed by atoms with Gasteiger partial charge in [-0.2, -0.15) is 5.10 Å². The molecule has 3 N–H and O–H groups in total. The summed E-state index contributed by atoms with van der Waals surface area (Å²) in [5.41, 5.74) is 5.57. The Morgan fingerprint density at radius 1 is 1.42 bits per heavy atom. The van der Waals surface area contributed by atoms with E-state index in [1.807, 2.05) is 0 Å². The molecule has 0 saturated carbocycles. The minimum absolute atomic E-state index is 0.0366. The summed E-state index contributed by atoms with van der Waals surface area (Å²) in [4.78, 5) is 2.41. The summed E-state index contributed by atoms with van der Waals surface area (Å²) >= 11 is 0. The number of anilines is 1. The van der Waals surface area contributed by atoms with Crippen LogP contribution in [-0.4, -0.2) is 49.3 Å². The third-order valence-electron chi connectivity index (χ3n) is 3.25. The normalized spacial score (nSPS) is 17.1. The lowest BCUT2D eigenvalue weighted by Gasteiger charge is -2.14. The van der Waals surface area contributed by atoms with Gasteiger partial charge in [-0.05, 0) is 38.9 Å². The molecule has 0 aromatic carbocycles. The van der Waals surface area contributed by atoms with Crippen molar-refractivity contribution in [3.05, 3.63) is 6.20 Å². The highest BCUT2D eigenvalue weighted by atomic mass is 32.2. The summed E-state index contributed by atoms with van der Waals surface area (Å²) in [5, 5.41) is 3.84. The van der Waals surface area contributed by atoms with Gasteiger partial charge in [-0.15, -0.1) is 0 Å². The molecule has 0 spiro atoms. The van der Waals surface area contributed by atoms with Gasteiger partial charge >= 0.3 is 0 Å². The molecule has 7 nitrogen and oxygen atoms in total. The summed E-state index contributed by atoms with van der Waals surface area (Å²) in [6, 6.07) is 0. The van der Waals surface area contributed by atoms with Crippen LogP contribution < -0.4 is 10.5 Å². The van der Waals surface area contributed by atoms with Gasteiger partial charge in [0.05, 0.1) is 0 Å². The van der Waals surface area contributed by atoms with E-state index in [1.165, 1.54) is 23.7 Å². The monoisotopic (exact) mass is 287 g/mol. The molecule has 1 aromatic rings. The molecule has 19 heavy (non-hydrogen) atoms. The van der Waals surface area contributed by atoms with Gasteiger partial charge in [-0.3, -0.25) is 4.68 Å². The van der Waals surface area contributed by atoms with Gasteiger partial charge in [0.15, 0.2) is 5.82 Å². The number of hydrogen-bond donors (Lipinski definition) is 2. The van der Waals surface area contributed by atoms with E-state index < -0.39 is 10.0 Å². The highest BCUT2D eigenvalue weighted by Gasteiger charge is 2.20. The van der Waals surface area contributed by atoms with Gasteiger partial charge in [-0.1, -0.05) is 0 Å². The summed E-state index contributed by atoms with van der Waals surface area (Å²) in [6.45, 7) is 3.61. The van der Waals surface area contributed by atoms with Crippen molar-refractivity contribution in [2.45, 2.75) is 24.2 Å². The molecule has 0 aliphatic carbocycles. The minimum Gasteiger partial charge on any atom is -0.381 e. The van der Waals surface area contributed by atoms with Crippen molar-refractivity contribution < 1.29 is 8.42 Å². The molecule has 108 valence electrons. The van der Waals surface area contributed by atoms with Crippen LogP contribution in [-0.2, 0) is 17.1 Å². The molecule has 0 atom stereocenters. The average Bonchev–Trinajstić information content (AvgIpc) is 2.94. The zero-order valence-electron chi connectivity index (χ0n) is 11.2. The van der Waals surface area contributed by atoms with E-state index in [2.05, 4.69) is 14.7 Å². The van der Waals surface area contributed by atoms with Crippen molar-refractivity contribution in [3.8, 4) is 0 Å². The number of hydrogen-bond acceptors (Lipinski definition) is 5. The molecule has 0 radical (unpaired) electrons. The second-order valence-electron chi connectivity index (χ2n) is 4.85. The van der Waals surface area contributed by atoms with E-state index in [-0.39, 0.29) is 10.7 Å². The highest BCUT2D eigenvalue weighted by Crippen LogP contribution is 2.15. The highest BCUT2D eigenvalue weighted by molar-refractivity contribution is 7.89. The van der Waals surface area contributed by atoms with Gasteiger partial charge in [-0.25, -0.2) is 13.1 Å². The summed E-state index contributed by atoms with van der Waals surface area (Å²) in [6.07, 6.45) is 4.72.